The molecule has 0 amide bonds. The summed E-state index contributed by atoms with van der Waals surface area (Å²) in [7, 11) is 1.11. The topological polar surface area (TPSA) is 78.9 Å². The van der Waals surface area contributed by atoms with Gasteiger partial charge in [-0.1, -0.05) is 30.3 Å². The van der Waals surface area contributed by atoms with Crippen LogP contribution in [0.4, 0.5) is 4.79 Å². The molecule has 0 aliphatic rings. The van der Waals surface area contributed by atoms with Gasteiger partial charge >= 0.3 is 12.1 Å². The van der Waals surface area contributed by atoms with Crippen molar-refractivity contribution in [1.82, 2.24) is 0 Å². The highest BCUT2D eigenvalue weighted by Gasteiger charge is 2.31. The number of hydrogen-bond donors (Lipinski definition) is 0. The smallest absolute Gasteiger partial charge is 0.460 e. The molecule has 0 radical (unpaired) electrons. The summed E-state index contributed by atoms with van der Waals surface area (Å²) < 4.78 is 13.7. The highest BCUT2D eigenvalue weighted by molar-refractivity contribution is 6.35. The van der Waals surface area contributed by atoms with E-state index in [4.69, 9.17) is 4.74 Å². The lowest BCUT2D eigenvalue weighted by Crippen LogP contribution is -2.28. The zero-order chi connectivity index (χ0) is 14.3. The van der Waals surface area contributed by atoms with Crippen molar-refractivity contribution in [3.63, 3.8) is 0 Å². The van der Waals surface area contributed by atoms with E-state index in [1.165, 1.54) is 0 Å². The molecule has 0 fully saturated rings. The molecule has 19 heavy (non-hydrogen) atoms. The largest absolute Gasteiger partial charge is 0.509 e. The number of ketones is 1. The van der Waals surface area contributed by atoms with Crippen molar-refractivity contribution in [2.75, 3.05) is 13.7 Å². The monoisotopic (exact) mass is 266 g/mol. The summed E-state index contributed by atoms with van der Waals surface area (Å²) in [5.74, 6) is -2.02. The van der Waals surface area contributed by atoms with Gasteiger partial charge in [0.15, 0.2) is 6.10 Å². The van der Waals surface area contributed by atoms with Crippen LogP contribution in [-0.4, -0.2) is 31.6 Å². The molecule has 1 unspecified atom stereocenters. The molecule has 102 valence electrons. The normalized spacial score (nSPS) is 11.3. The zero-order valence-corrected chi connectivity index (χ0v) is 10.6. The molecule has 1 atom stereocenters. The van der Waals surface area contributed by atoms with Crippen LogP contribution in [0.2, 0.25) is 0 Å². The van der Waals surface area contributed by atoms with Crippen molar-refractivity contribution in [3.8, 4) is 0 Å². The molecule has 1 aromatic rings. The Morgan fingerprint density at radius 2 is 1.79 bits per heavy atom. The number of ether oxygens (including phenoxy) is 3. The quantitative estimate of drug-likeness (QED) is 0.595. The Labute approximate surface area is 110 Å². The molecule has 0 spiro atoms. The van der Waals surface area contributed by atoms with Gasteiger partial charge in [0, 0.05) is 5.56 Å². The fourth-order valence-electron chi connectivity index (χ4n) is 1.35. The SMILES string of the molecule is CCOC(=O)C(=O)C(OC(=O)OC)c1ccccc1. The van der Waals surface area contributed by atoms with Crippen LogP contribution in [0.1, 0.15) is 18.6 Å². The molecule has 6 heteroatoms. The lowest BCUT2D eigenvalue weighted by Gasteiger charge is -2.15. The number of rotatable bonds is 5. The average Bonchev–Trinajstić information content (AvgIpc) is 2.44. The molecule has 0 aromatic heterocycles. The Bertz CT molecular complexity index is 453. The van der Waals surface area contributed by atoms with E-state index in [1.807, 2.05) is 0 Å². The molecule has 6 nitrogen and oxygen atoms in total. The number of esters is 1. The number of carbonyl (C=O) groups is 3. The lowest BCUT2D eigenvalue weighted by molar-refractivity contribution is -0.158. The fraction of sp³-hybridized carbons (Fsp3) is 0.308. The van der Waals surface area contributed by atoms with Gasteiger partial charge in [-0.15, -0.1) is 0 Å². The van der Waals surface area contributed by atoms with E-state index in [1.54, 1.807) is 37.3 Å². The summed E-state index contributed by atoms with van der Waals surface area (Å²) in [5.41, 5.74) is 0.367. The van der Waals surface area contributed by atoms with Crippen molar-refractivity contribution >= 4 is 17.9 Å². The second kappa shape index (κ2) is 7.15. The summed E-state index contributed by atoms with van der Waals surface area (Å²) >= 11 is 0. The maximum Gasteiger partial charge on any atom is 0.509 e. The molecule has 0 N–H and O–H groups in total. The van der Waals surface area contributed by atoms with E-state index >= 15 is 0 Å². The molecule has 0 bridgehead atoms. The Balaban J connectivity index is 2.96. The Morgan fingerprint density at radius 1 is 1.16 bits per heavy atom. The van der Waals surface area contributed by atoms with Gasteiger partial charge in [-0.05, 0) is 6.92 Å². The third kappa shape index (κ3) is 4.09. The second-order valence-electron chi connectivity index (χ2n) is 3.45. The highest BCUT2D eigenvalue weighted by atomic mass is 16.7. The third-order valence-electron chi connectivity index (χ3n) is 2.20. The van der Waals surface area contributed by atoms with E-state index in [0.717, 1.165) is 7.11 Å². The minimum atomic E-state index is -1.37. The number of Topliss-reactive ketones (excluding diaryl/α,β-unsaturated/α-hetero) is 1. The average molecular weight is 266 g/mol. The van der Waals surface area contributed by atoms with Crippen LogP contribution in [0.25, 0.3) is 0 Å². The summed E-state index contributed by atoms with van der Waals surface area (Å²) in [6, 6.07) is 8.16. The molecule has 0 saturated carbocycles. The predicted octanol–water partition coefficient (Wildman–Crippen LogP) is 1.64. The molecular formula is C13H14O6. The molecule has 0 heterocycles. The van der Waals surface area contributed by atoms with Gasteiger partial charge < -0.3 is 14.2 Å². The van der Waals surface area contributed by atoms with Gasteiger partial charge in [-0.25, -0.2) is 9.59 Å². The van der Waals surface area contributed by atoms with Gasteiger partial charge in [-0.2, -0.15) is 0 Å². The minimum Gasteiger partial charge on any atom is -0.460 e. The van der Waals surface area contributed by atoms with Crippen LogP contribution in [-0.2, 0) is 23.8 Å². The number of hydrogen-bond acceptors (Lipinski definition) is 6. The first-order valence-corrected chi connectivity index (χ1v) is 5.60. The summed E-state index contributed by atoms with van der Waals surface area (Å²) in [5, 5.41) is 0. The standard InChI is InChI=1S/C13H14O6/c1-3-18-12(15)10(14)11(19-13(16)17-2)9-7-5-4-6-8-9/h4-8,11H,3H2,1-2H3. The van der Waals surface area contributed by atoms with E-state index in [-0.39, 0.29) is 6.61 Å². The maximum atomic E-state index is 11.9. The van der Waals surface area contributed by atoms with Crippen LogP contribution >= 0.6 is 0 Å². The van der Waals surface area contributed by atoms with Gasteiger partial charge in [0.25, 0.3) is 5.78 Å². The minimum absolute atomic E-state index is 0.0598. The van der Waals surface area contributed by atoms with Crippen LogP contribution in [0, 0.1) is 0 Å². The maximum absolute atomic E-state index is 11.9. The highest BCUT2D eigenvalue weighted by Crippen LogP contribution is 2.19. The third-order valence-corrected chi connectivity index (χ3v) is 2.20. The first-order valence-electron chi connectivity index (χ1n) is 5.60. The van der Waals surface area contributed by atoms with E-state index in [2.05, 4.69) is 9.47 Å². The summed E-state index contributed by atoms with van der Waals surface area (Å²) in [6.45, 7) is 1.63. The van der Waals surface area contributed by atoms with E-state index in [0.29, 0.717) is 5.56 Å². The van der Waals surface area contributed by atoms with Gasteiger partial charge in [0.05, 0.1) is 13.7 Å². The molecule has 1 rings (SSSR count). The predicted molar refractivity (Wildman–Crippen MR) is 64.3 cm³/mol. The summed E-state index contributed by atoms with van der Waals surface area (Å²) in [6.07, 6.45) is -2.42. The molecule has 0 aliphatic heterocycles. The first-order chi connectivity index (χ1) is 9.10. The van der Waals surface area contributed by atoms with Crippen molar-refractivity contribution < 1.29 is 28.6 Å². The first kappa shape index (κ1) is 14.7. The van der Waals surface area contributed by atoms with E-state index in [9.17, 15) is 14.4 Å². The Morgan fingerprint density at radius 3 is 2.32 bits per heavy atom. The van der Waals surface area contributed by atoms with Crippen molar-refractivity contribution in [2.24, 2.45) is 0 Å². The Hall–Kier alpha value is -2.37. The van der Waals surface area contributed by atoms with Crippen LogP contribution in [0.3, 0.4) is 0 Å². The van der Waals surface area contributed by atoms with Gasteiger partial charge in [0.2, 0.25) is 0 Å². The van der Waals surface area contributed by atoms with Crippen molar-refractivity contribution in [1.29, 1.82) is 0 Å². The van der Waals surface area contributed by atoms with Crippen LogP contribution in [0.5, 0.6) is 0 Å². The molecule has 0 aliphatic carbocycles. The molecule has 1 aromatic carbocycles. The number of benzene rings is 1. The summed E-state index contributed by atoms with van der Waals surface area (Å²) in [4.78, 5) is 34.4. The van der Waals surface area contributed by atoms with Crippen LogP contribution < -0.4 is 0 Å². The lowest BCUT2D eigenvalue weighted by atomic mass is 10.1. The second-order valence-corrected chi connectivity index (χ2v) is 3.45. The Kier molecular flexibility index (Phi) is 5.53. The number of methoxy groups -OCH3 is 1. The van der Waals surface area contributed by atoms with Crippen LogP contribution in [0.15, 0.2) is 30.3 Å². The molecular weight excluding hydrogens is 252 g/mol. The van der Waals surface area contributed by atoms with Gasteiger partial charge in [-0.3, -0.25) is 4.79 Å². The van der Waals surface area contributed by atoms with Crippen molar-refractivity contribution in [2.45, 2.75) is 13.0 Å². The zero-order valence-electron chi connectivity index (χ0n) is 10.6. The van der Waals surface area contributed by atoms with Gasteiger partial charge in [0.1, 0.15) is 0 Å². The number of carbonyl (C=O) groups excluding carboxylic acids is 3. The van der Waals surface area contributed by atoms with Crippen molar-refractivity contribution in [3.05, 3.63) is 35.9 Å². The molecule has 0 saturated heterocycles. The fourth-order valence-corrected chi connectivity index (χ4v) is 1.35. The van der Waals surface area contributed by atoms with E-state index < -0.39 is 24.0 Å².